The summed E-state index contributed by atoms with van der Waals surface area (Å²) in [5, 5.41) is 14.5. The van der Waals surface area contributed by atoms with Crippen LogP contribution in [-0.4, -0.2) is 66.2 Å². The predicted octanol–water partition coefficient (Wildman–Crippen LogP) is 4.80. The van der Waals surface area contributed by atoms with Gasteiger partial charge in [0.2, 0.25) is 5.91 Å². The lowest BCUT2D eigenvalue weighted by molar-refractivity contribution is -0.128. The van der Waals surface area contributed by atoms with E-state index in [1.165, 1.54) is 35.5 Å². The molecule has 1 atom stereocenters. The normalized spacial score (nSPS) is 21.1. The number of rotatable bonds is 5. The van der Waals surface area contributed by atoms with Crippen molar-refractivity contribution in [1.29, 1.82) is 0 Å². The lowest BCUT2D eigenvalue weighted by atomic mass is 9.74. The summed E-state index contributed by atoms with van der Waals surface area (Å²) in [5.74, 6) is -1.35. The van der Waals surface area contributed by atoms with Gasteiger partial charge in [-0.05, 0) is 96.0 Å². The number of aliphatic hydroxyl groups excluding tert-OH is 1. The molecule has 2 saturated heterocycles. The van der Waals surface area contributed by atoms with Crippen LogP contribution in [0.5, 0.6) is 0 Å². The van der Waals surface area contributed by atoms with Gasteiger partial charge in [-0.25, -0.2) is 8.78 Å². The number of amides is 1. The van der Waals surface area contributed by atoms with E-state index in [4.69, 9.17) is 0 Å². The number of fused-ring (bicyclic) bond motifs is 2. The number of hydrogen-bond donors (Lipinski definition) is 2. The molecule has 3 aliphatic rings. The smallest absolute Gasteiger partial charge is 0.246 e. The Balaban J connectivity index is 1.09. The number of carbonyl (C=O) groups is 1. The standard InChI is InChI=1S/C28H32BrF2N3O2/c29-24-3-1-2-23-27(24)32-18-28(23)8-12-33(13-9-28)17-25(35)20-6-10-34(11-7-20)26(36)5-4-19-14-21(30)16-22(31)15-19/h1-5,14-16,20,25,32,35H,6-13,17-18H2/b5-4+. The SMILES string of the molecule is O=C(/C=C/c1cc(F)cc(F)c1)N1CCC(C(O)CN2CCC3(CC2)CNc2c(Br)cccc23)CC1. The van der Waals surface area contributed by atoms with Crippen molar-refractivity contribution in [3.05, 3.63) is 69.7 Å². The molecule has 192 valence electrons. The lowest BCUT2D eigenvalue weighted by Crippen LogP contribution is -2.48. The van der Waals surface area contributed by atoms with Crippen molar-refractivity contribution < 1.29 is 18.7 Å². The average Bonchev–Trinajstić information content (AvgIpc) is 3.23. The molecule has 0 radical (unpaired) electrons. The third-order valence-corrected chi connectivity index (χ3v) is 8.81. The first kappa shape index (κ1) is 25.4. The van der Waals surface area contributed by atoms with E-state index in [1.807, 2.05) is 0 Å². The van der Waals surface area contributed by atoms with Crippen molar-refractivity contribution in [3.63, 3.8) is 0 Å². The second kappa shape index (κ2) is 10.6. The summed E-state index contributed by atoms with van der Waals surface area (Å²) >= 11 is 3.66. The van der Waals surface area contributed by atoms with Crippen molar-refractivity contribution in [1.82, 2.24) is 9.80 Å². The van der Waals surface area contributed by atoms with Gasteiger partial charge in [0.15, 0.2) is 0 Å². The van der Waals surface area contributed by atoms with Crippen LogP contribution in [0.1, 0.15) is 36.8 Å². The summed E-state index contributed by atoms with van der Waals surface area (Å²) in [6.07, 6.45) is 6.04. The minimum absolute atomic E-state index is 0.163. The Hall–Kier alpha value is -2.29. The molecule has 0 bridgehead atoms. The molecule has 0 aromatic heterocycles. The fourth-order valence-electron chi connectivity index (χ4n) is 5.97. The number of halogens is 3. The molecule has 36 heavy (non-hydrogen) atoms. The molecule has 5 rings (SSSR count). The molecular formula is C28H32BrF2N3O2. The third kappa shape index (κ3) is 5.36. The molecule has 3 aliphatic heterocycles. The van der Waals surface area contributed by atoms with Crippen LogP contribution in [0.4, 0.5) is 14.5 Å². The van der Waals surface area contributed by atoms with E-state index in [9.17, 15) is 18.7 Å². The Labute approximate surface area is 219 Å². The van der Waals surface area contributed by atoms with Crippen molar-refractivity contribution in [3.8, 4) is 0 Å². The summed E-state index contributed by atoms with van der Waals surface area (Å²) < 4.78 is 27.8. The first-order valence-corrected chi connectivity index (χ1v) is 13.5. The quantitative estimate of drug-likeness (QED) is 0.517. The molecule has 0 saturated carbocycles. The monoisotopic (exact) mass is 559 g/mol. The second-order valence-electron chi connectivity index (χ2n) is 10.4. The van der Waals surface area contributed by atoms with Crippen molar-refractivity contribution in [2.24, 2.45) is 5.92 Å². The highest BCUT2D eigenvalue weighted by atomic mass is 79.9. The van der Waals surface area contributed by atoms with E-state index in [-0.39, 0.29) is 17.2 Å². The number of carbonyl (C=O) groups excluding carboxylic acids is 1. The summed E-state index contributed by atoms with van der Waals surface area (Å²) in [6, 6.07) is 9.63. The van der Waals surface area contributed by atoms with Gasteiger partial charge in [0.1, 0.15) is 11.6 Å². The van der Waals surface area contributed by atoms with Gasteiger partial charge in [-0.2, -0.15) is 0 Å². The molecule has 0 aliphatic carbocycles. The zero-order chi connectivity index (χ0) is 25.3. The topological polar surface area (TPSA) is 55.8 Å². The van der Waals surface area contributed by atoms with Gasteiger partial charge in [0.25, 0.3) is 0 Å². The van der Waals surface area contributed by atoms with Crippen LogP contribution in [0.2, 0.25) is 0 Å². The Kier molecular flexibility index (Phi) is 7.47. The first-order valence-electron chi connectivity index (χ1n) is 12.7. The molecule has 1 spiro atoms. The maximum absolute atomic E-state index is 13.3. The van der Waals surface area contributed by atoms with Gasteiger partial charge in [-0.3, -0.25) is 4.79 Å². The van der Waals surface area contributed by atoms with Crippen LogP contribution >= 0.6 is 15.9 Å². The Morgan fingerprint density at radius 1 is 1.14 bits per heavy atom. The number of benzene rings is 2. The summed E-state index contributed by atoms with van der Waals surface area (Å²) in [4.78, 5) is 16.7. The van der Waals surface area contributed by atoms with E-state index in [2.05, 4.69) is 44.3 Å². The molecule has 3 heterocycles. The number of hydrogen-bond acceptors (Lipinski definition) is 4. The van der Waals surface area contributed by atoms with Crippen LogP contribution in [0.25, 0.3) is 6.08 Å². The zero-order valence-corrected chi connectivity index (χ0v) is 21.8. The van der Waals surface area contributed by atoms with Gasteiger partial charge in [-0.15, -0.1) is 0 Å². The molecule has 2 fully saturated rings. The molecule has 1 amide bonds. The predicted molar refractivity (Wildman–Crippen MR) is 141 cm³/mol. The first-order chi connectivity index (χ1) is 17.3. The molecule has 1 unspecified atom stereocenters. The number of β-amino-alcohol motifs (C(OH)–C–C–N with tert-alkyl or cyclic N) is 1. The number of nitrogens with zero attached hydrogens (tertiary/aromatic N) is 2. The Morgan fingerprint density at radius 2 is 1.83 bits per heavy atom. The summed E-state index contributed by atoms with van der Waals surface area (Å²) in [7, 11) is 0. The zero-order valence-electron chi connectivity index (χ0n) is 20.2. The van der Waals surface area contributed by atoms with E-state index in [0.717, 1.165) is 55.9 Å². The summed E-state index contributed by atoms with van der Waals surface area (Å²) in [6.45, 7) is 4.71. The van der Waals surface area contributed by atoms with E-state index >= 15 is 0 Å². The van der Waals surface area contributed by atoms with Crippen molar-refractivity contribution in [2.45, 2.75) is 37.2 Å². The number of para-hydroxylation sites is 1. The van der Waals surface area contributed by atoms with E-state index in [0.29, 0.717) is 25.2 Å². The van der Waals surface area contributed by atoms with Gasteiger partial charge < -0.3 is 20.2 Å². The number of anilines is 1. The number of likely N-dealkylation sites (tertiary alicyclic amines) is 2. The van der Waals surface area contributed by atoms with Crippen molar-refractivity contribution >= 4 is 33.6 Å². The van der Waals surface area contributed by atoms with Gasteiger partial charge in [0, 0.05) is 48.2 Å². The number of aliphatic hydroxyl groups is 1. The van der Waals surface area contributed by atoms with Crippen LogP contribution < -0.4 is 5.32 Å². The molecule has 2 N–H and O–H groups in total. The summed E-state index contributed by atoms with van der Waals surface area (Å²) in [5.41, 5.74) is 3.13. The molecular weight excluding hydrogens is 528 g/mol. The minimum Gasteiger partial charge on any atom is -0.392 e. The molecule has 2 aromatic carbocycles. The molecule has 5 nitrogen and oxygen atoms in total. The fourth-order valence-corrected chi connectivity index (χ4v) is 6.48. The van der Waals surface area contributed by atoms with Crippen LogP contribution in [0.3, 0.4) is 0 Å². The van der Waals surface area contributed by atoms with Gasteiger partial charge >= 0.3 is 0 Å². The number of nitrogens with one attached hydrogen (secondary N) is 1. The highest BCUT2D eigenvalue weighted by Crippen LogP contribution is 2.46. The lowest BCUT2D eigenvalue weighted by Gasteiger charge is -2.41. The Bertz CT molecular complexity index is 1120. The molecule has 8 heteroatoms. The van der Waals surface area contributed by atoms with Gasteiger partial charge in [-0.1, -0.05) is 12.1 Å². The van der Waals surface area contributed by atoms with Gasteiger partial charge in [0.05, 0.1) is 11.8 Å². The third-order valence-electron chi connectivity index (χ3n) is 8.15. The Morgan fingerprint density at radius 3 is 2.53 bits per heavy atom. The minimum atomic E-state index is -0.668. The number of piperidine rings is 2. The fraction of sp³-hybridized carbons (Fsp3) is 0.464. The van der Waals surface area contributed by atoms with Crippen LogP contribution in [0.15, 0.2) is 46.9 Å². The maximum atomic E-state index is 13.3. The highest BCUT2D eigenvalue weighted by Gasteiger charge is 2.42. The highest BCUT2D eigenvalue weighted by molar-refractivity contribution is 9.10. The average molecular weight is 560 g/mol. The largest absolute Gasteiger partial charge is 0.392 e. The second-order valence-corrected chi connectivity index (χ2v) is 11.2. The van der Waals surface area contributed by atoms with Crippen molar-refractivity contribution in [2.75, 3.05) is 44.6 Å². The maximum Gasteiger partial charge on any atom is 0.246 e. The van der Waals surface area contributed by atoms with Crippen LogP contribution in [-0.2, 0) is 10.2 Å². The van der Waals surface area contributed by atoms with E-state index in [1.54, 1.807) is 4.90 Å². The van der Waals surface area contributed by atoms with E-state index < -0.39 is 17.7 Å². The molecule has 2 aromatic rings. The van der Waals surface area contributed by atoms with Crippen LogP contribution in [0, 0.1) is 17.6 Å².